The molecule has 0 aliphatic carbocycles. The number of nitrogens with one attached hydrogen (secondary N) is 1. The highest BCUT2D eigenvalue weighted by Gasteiger charge is 2.10. The van der Waals surface area contributed by atoms with Gasteiger partial charge in [0.1, 0.15) is 0 Å². The number of benzene rings is 2. The summed E-state index contributed by atoms with van der Waals surface area (Å²) in [5, 5.41) is 4.00. The SMILES string of the molecule is CCOc1ccc(C(=O)N/N=C/c2ccc(OC)c(OCC)c2)cc1OC. The number of hydrogen-bond donors (Lipinski definition) is 1. The largest absolute Gasteiger partial charge is 0.493 e. The Kier molecular flexibility index (Phi) is 7.49. The van der Waals surface area contributed by atoms with Crippen molar-refractivity contribution in [1.29, 1.82) is 0 Å². The number of methoxy groups -OCH3 is 2. The molecule has 1 N–H and O–H groups in total. The van der Waals surface area contributed by atoms with E-state index in [9.17, 15) is 4.79 Å². The molecule has 0 atom stereocenters. The van der Waals surface area contributed by atoms with Crippen molar-refractivity contribution in [3.8, 4) is 23.0 Å². The number of hydrogen-bond acceptors (Lipinski definition) is 6. The van der Waals surface area contributed by atoms with Crippen LogP contribution in [-0.4, -0.2) is 39.6 Å². The summed E-state index contributed by atoms with van der Waals surface area (Å²) in [6, 6.07) is 10.3. The quantitative estimate of drug-likeness (QED) is 0.540. The van der Waals surface area contributed by atoms with Crippen LogP contribution in [0.1, 0.15) is 29.8 Å². The number of ether oxygens (including phenoxy) is 4. The standard InChI is InChI=1S/C20H24N2O5/c1-5-26-17-10-8-15(12-18(17)25-4)20(23)22-21-13-14-7-9-16(24-3)19(11-14)27-6-2/h7-13H,5-6H2,1-4H3,(H,22,23)/b21-13+. The predicted octanol–water partition coefficient (Wildman–Crippen LogP) is 3.27. The van der Waals surface area contributed by atoms with E-state index in [4.69, 9.17) is 18.9 Å². The van der Waals surface area contributed by atoms with E-state index >= 15 is 0 Å². The van der Waals surface area contributed by atoms with Gasteiger partial charge in [0.25, 0.3) is 5.91 Å². The van der Waals surface area contributed by atoms with Gasteiger partial charge in [-0.25, -0.2) is 5.43 Å². The molecule has 144 valence electrons. The Labute approximate surface area is 158 Å². The van der Waals surface area contributed by atoms with Crippen LogP contribution in [0.25, 0.3) is 0 Å². The molecule has 27 heavy (non-hydrogen) atoms. The Morgan fingerprint density at radius 1 is 0.926 bits per heavy atom. The molecule has 2 aromatic carbocycles. The lowest BCUT2D eigenvalue weighted by Gasteiger charge is -2.10. The number of carbonyl (C=O) groups excluding carboxylic acids is 1. The summed E-state index contributed by atoms with van der Waals surface area (Å²) in [6.45, 7) is 4.81. The molecule has 0 bridgehead atoms. The second kappa shape index (κ2) is 10.1. The van der Waals surface area contributed by atoms with Gasteiger partial charge in [-0.05, 0) is 55.8 Å². The predicted molar refractivity (Wildman–Crippen MR) is 103 cm³/mol. The summed E-state index contributed by atoms with van der Waals surface area (Å²) < 4.78 is 21.5. The van der Waals surface area contributed by atoms with E-state index < -0.39 is 0 Å². The minimum absolute atomic E-state index is 0.355. The average Bonchev–Trinajstić information content (AvgIpc) is 2.69. The molecule has 7 nitrogen and oxygen atoms in total. The molecule has 0 saturated heterocycles. The topological polar surface area (TPSA) is 78.4 Å². The summed E-state index contributed by atoms with van der Waals surface area (Å²) in [4.78, 5) is 12.3. The molecule has 7 heteroatoms. The third-order valence-electron chi connectivity index (χ3n) is 3.59. The molecule has 0 heterocycles. The lowest BCUT2D eigenvalue weighted by Crippen LogP contribution is -2.17. The first-order valence-corrected chi connectivity index (χ1v) is 8.58. The molecule has 1 amide bonds. The van der Waals surface area contributed by atoms with Gasteiger partial charge < -0.3 is 18.9 Å². The van der Waals surface area contributed by atoms with Crippen molar-refractivity contribution in [2.75, 3.05) is 27.4 Å². The monoisotopic (exact) mass is 372 g/mol. The first-order chi connectivity index (χ1) is 13.1. The fraction of sp³-hybridized carbons (Fsp3) is 0.300. The van der Waals surface area contributed by atoms with Crippen LogP contribution in [0.2, 0.25) is 0 Å². The van der Waals surface area contributed by atoms with Crippen LogP contribution in [0.15, 0.2) is 41.5 Å². The number of carbonyl (C=O) groups is 1. The zero-order valence-corrected chi connectivity index (χ0v) is 15.9. The fourth-order valence-electron chi connectivity index (χ4n) is 2.36. The zero-order chi connectivity index (χ0) is 19.6. The molecule has 0 aliphatic rings. The van der Waals surface area contributed by atoms with Gasteiger partial charge in [0.05, 0.1) is 33.6 Å². The van der Waals surface area contributed by atoms with Crippen molar-refractivity contribution in [3.63, 3.8) is 0 Å². The third-order valence-corrected chi connectivity index (χ3v) is 3.59. The van der Waals surface area contributed by atoms with E-state index in [-0.39, 0.29) is 5.91 Å². The number of nitrogens with zero attached hydrogens (tertiary/aromatic N) is 1. The molecular weight excluding hydrogens is 348 g/mol. The Morgan fingerprint density at radius 2 is 1.59 bits per heavy atom. The van der Waals surface area contributed by atoms with Crippen LogP contribution in [0.5, 0.6) is 23.0 Å². The smallest absolute Gasteiger partial charge is 0.271 e. The minimum atomic E-state index is -0.355. The molecule has 0 fully saturated rings. The Balaban J connectivity index is 2.07. The van der Waals surface area contributed by atoms with Crippen molar-refractivity contribution in [3.05, 3.63) is 47.5 Å². The molecule has 2 aromatic rings. The lowest BCUT2D eigenvalue weighted by molar-refractivity contribution is 0.0954. The highest BCUT2D eigenvalue weighted by molar-refractivity contribution is 5.95. The molecule has 0 radical (unpaired) electrons. The molecule has 0 aromatic heterocycles. The highest BCUT2D eigenvalue weighted by Crippen LogP contribution is 2.28. The van der Waals surface area contributed by atoms with Gasteiger partial charge in [-0.3, -0.25) is 4.79 Å². The second-order valence-corrected chi connectivity index (χ2v) is 5.34. The third kappa shape index (κ3) is 5.37. The molecule has 0 aliphatic heterocycles. The zero-order valence-electron chi connectivity index (χ0n) is 15.9. The van der Waals surface area contributed by atoms with E-state index in [0.717, 1.165) is 5.56 Å². The average molecular weight is 372 g/mol. The maximum atomic E-state index is 12.3. The fourth-order valence-corrected chi connectivity index (χ4v) is 2.36. The molecule has 0 saturated carbocycles. The van der Waals surface area contributed by atoms with Gasteiger partial charge in [0.15, 0.2) is 23.0 Å². The number of amides is 1. The van der Waals surface area contributed by atoms with E-state index in [1.54, 1.807) is 37.4 Å². The molecule has 0 spiro atoms. The van der Waals surface area contributed by atoms with Crippen molar-refractivity contribution in [2.24, 2.45) is 5.10 Å². The van der Waals surface area contributed by atoms with Crippen molar-refractivity contribution in [2.45, 2.75) is 13.8 Å². The summed E-state index contributed by atoms with van der Waals surface area (Å²) in [7, 11) is 3.11. The van der Waals surface area contributed by atoms with E-state index in [0.29, 0.717) is 41.8 Å². The number of hydrazone groups is 1. The minimum Gasteiger partial charge on any atom is -0.493 e. The number of rotatable bonds is 9. The first kappa shape index (κ1) is 20.1. The van der Waals surface area contributed by atoms with Crippen molar-refractivity contribution >= 4 is 12.1 Å². The Hall–Kier alpha value is -3.22. The van der Waals surface area contributed by atoms with E-state index in [1.165, 1.54) is 13.3 Å². The van der Waals surface area contributed by atoms with Crippen LogP contribution < -0.4 is 24.4 Å². The maximum Gasteiger partial charge on any atom is 0.271 e. The van der Waals surface area contributed by atoms with Gasteiger partial charge in [0, 0.05) is 5.56 Å². The normalized spacial score (nSPS) is 10.5. The van der Waals surface area contributed by atoms with Gasteiger partial charge in [-0.2, -0.15) is 5.10 Å². The van der Waals surface area contributed by atoms with Crippen LogP contribution in [0.4, 0.5) is 0 Å². The van der Waals surface area contributed by atoms with Gasteiger partial charge in [-0.1, -0.05) is 0 Å². The molecule has 2 rings (SSSR count). The summed E-state index contributed by atoms with van der Waals surface area (Å²) in [5.74, 6) is 1.98. The summed E-state index contributed by atoms with van der Waals surface area (Å²) >= 11 is 0. The lowest BCUT2D eigenvalue weighted by atomic mass is 10.2. The van der Waals surface area contributed by atoms with Gasteiger partial charge in [0.2, 0.25) is 0 Å². The Morgan fingerprint density at radius 3 is 2.26 bits per heavy atom. The van der Waals surface area contributed by atoms with Crippen LogP contribution >= 0.6 is 0 Å². The van der Waals surface area contributed by atoms with E-state index in [1.807, 2.05) is 19.9 Å². The maximum absolute atomic E-state index is 12.3. The summed E-state index contributed by atoms with van der Waals surface area (Å²) in [5.41, 5.74) is 3.67. The highest BCUT2D eigenvalue weighted by atomic mass is 16.5. The molecule has 0 unspecified atom stereocenters. The van der Waals surface area contributed by atoms with Crippen molar-refractivity contribution < 1.29 is 23.7 Å². The van der Waals surface area contributed by atoms with E-state index in [2.05, 4.69) is 10.5 Å². The van der Waals surface area contributed by atoms with Crippen LogP contribution in [0.3, 0.4) is 0 Å². The van der Waals surface area contributed by atoms with Gasteiger partial charge >= 0.3 is 0 Å². The van der Waals surface area contributed by atoms with Crippen LogP contribution in [-0.2, 0) is 0 Å². The second-order valence-electron chi connectivity index (χ2n) is 5.34. The molecular formula is C20H24N2O5. The Bertz CT molecular complexity index is 805. The van der Waals surface area contributed by atoms with Crippen LogP contribution in [0, 0.1) is 0 Å². The van der Waals surface area contributed by atoms with Gasteiger partial charge in [-0.15, -0.1) is 0 Å². The van der Waals surface area contributed by atoms with Crippen molar-refractivity contribution in [1.82, 2.24) is 5.43 Å². The first-order valence-electron chi connectivity index (χ1n) is 8.58. The summed E-state index contributed by atoms with van der Waals surface area (Å²) in [6.07, 6.45) is 1.53.